The van der Waals surface area contributed by atoms with Gasteiger partial charge in [-0.2, -0.15) is 5.10 Å². The third-order valence-electron chi connectivity index (χ3n) is 5.02. The molecule has 2 aromatic heterocycles. The van der Waals surface area contributed by atoms with Gasteiger partial charge in [0.05, 0.1) is 0 Å². The molecule has 0 radical (unpaired) electrons. The Morgan fingerprint density at radius 1 is 1.19 bits per heavy atom. The number of nitrogens with one attached hydrogen (secondary N) is 1. The number of hydrogen-bond acceptors (Lipinski definition) is 4. The average Bonchev–Trinajstić information content (AvgIpc) is 3.32. The minimum absolute atomic E-state index is 0.0915. The summed E-state index contributed by atoms with van der Waals surface area (Å²) in [6, 6.07) is 14.5. The Bertz CT molecular complexity index is 876. The number of para-hydroxylation sites is 1. The summed E-state index contributed by atoms with van der Waals surface area (Å²) in [6.45, 7) is 2.31. The third-order valence-corrected chi connectivity index (χ3v) is 5.02. The highest BCUT2D eigenvalue weighted by molar-refractivity contribution is 5.80. The molecular weight excluding hydrogens is 326 g/mol. The van der Waals surface area contributed by atoms with Crippen molar-refractivity contribution >= 4 is 22.6 Å². The van der Waals surface area contributed by atoms with Crippen LogP contribution in [0.5, 0.6) is 0 Å². The molecule has 3 heterocycles. The van der Waals surface area contributed by atoms with Crippen LogP contribution in [0.3, 0.4) is 0 Å². The Morgan fingerprint density at radius 3 is 3.00 bits per heavy atom. The second kappa shape index (κ2) is 7.56. The topological polar surface area (TPSA) is 63.1 Å². The summed E-state index contributed by atoms with van der Waals surface area (Å²) in [5.41, 5.74) is 1.17. The molecule has 1 aliphatic rings. The molecule has 0 bridgehead atoms. The van der Waals surface area contributed by atoms with Gasteiger partial charge in [-0.25, -0.2) is 0 Å². The second-order valence-corrected chi connectivity index (χ2v) is 6.69. The van der Waals surface area contributed by atoms with Gasteiger partial charge in [-0.05, 0) is 42.5 Å². The molecule has 0 saturated carbocycles. The summed E-state index contributed by atoms with van der Waals surface area (Å²) in [4.78, 5) is 14.5. The van der Waals surface area contributed by atoms with Crippen molar-refractivity contribution in [1.82, 2.24) is 20.1 Å². The van der Waals surface area contributed by atoms with Gasteiger partial charge in [-0.3, -0.25) is 4.79 Å². The van der Waals surface area contributed by atoms with Gasteiger partial charge in [0.25, 0.3) is 0 Å². The normalized spacial score (nSPS) is 16.9. The van der Waals surface area contributed by atoms with Gasteiger partial charge < -0.3 is 14.8 Å². The van der Waals surface area contributed by atoms with Crippen molar-refractivity contribution in [3.63, 3.8) is 0 Å². The maximum absolute atomic E-state index is 12.3. The zero-order valence-corrected chi connectivity index (χ0v) is 14.7. The Labute approximate surface area is 152 Å². The molecule has 26 heavy (non-hydrogen) atoms. The highest BCUT2D eigenvalue weighted by atomic mass is 16.1. The molecule has 1 saturated heterocycles. The van der Waals surface area contributed by atoms with E-state index in [-0.39, 0.29) is 5.91 Å². The summed E-state index contributed by atoms with van der Waals surface area (Å²) in [5.74, 6) is 0.983. The zero-order chi connectivity index (χ0) is 17.8. The highest BCUT2D eigenvalue weighted by Gasteiger charge is 2.26. The van der Waals surface area contributed by atoms with Crippen LogP contribution >= 0.6 is 0 Å². The molecule has 134 valence electrons. The van der Waals surface area contributed by atoms with E-state index in [2.05, 4.69) is 43.2 Å². The maximum Gasteiger partial charge on any atom is 0.221 e. The fraction of sp³-hybridized carbons (Fsp3) is 0.350. The van der Waals surface area contributed by atoms with Crippen molar-refractivity contribution in [1.29, 1.82) is 0 Å². The van der Waals surface area contributed by atoms with Gasteiger partial charge in [0, 0.05) is 50.0 Å². The molecule has 0 spiro atoms. The lowest BCUT2D eigenvalue weighted by atomic mass is 10.2. The first-order valence-corrected chi connectivity index (χ1v) is 9.16. The number of hydrogen-bond donors (Lipinski definition) is 1. The first kappa shape index (κ1) is 16.6. The number of aromatic nitrogens is 3. The Hall–Kier alpha value is -2.89. The fourth-order valence-corrected chi connectivity index (χ4v) is 3.67. The van der Waals surface area contributed by atoms with Crippen LogP contribution in [0.4, 0.5) is 5.82 Å². The molecule has 1 fully saturated rings. The minimum Gasteiger partial charge on any atom is -0.354 e. The van der Waals surface area contributed by atoms with Crippen LogP contribution in [0, 0.1) is 0 Å². The molecule has 1 amide bonds. The molecule has 0 unspecified atom stereocenters. The summed E-state index contributed by atoms with van der Waals surface area (Å²) in [5, 5.41) is 12.5. The van der Waals surface area contributed by atoms with Crippen LogP contribution in [-0.2, 0) is 11.3 Å². The van der Waals surface area contributed by atoms with E-state index in [0.717, 1.165) is 25.2 Å². The van der Waals surface area contributed by atoms with Gasteiger partial charge in [0.1, 0.15) is 0 Å². The molecule has 3 aromatic rings. The second-order valence-electron chi connectivity index (χ2n) is 6.69. The largest absolute Gasteiger partial charge is 0.354 e. The molecule has 1 N–H and O–H groups in total. The summed E-state index contributed by atoms with van der Waals surface area (Å²) in [6.07, 6.45) is 6.40. The number of nitrogens with zero attached hydrogens (tertiary/aromatic N) is 4. The van der Waals surface area contributed by atoms with Crippen molar-refractivity contribution in [2.75, 3.05) is 18.0 Å². The predicted molar refractivity (Wildman–Crippen MR) is 102 cm³/mol. The molecule has 1 atom stereocenters. The molecule has 4 rings (SSSR count). The fourth-order valence-electron chi connectivity index (χ4n) is 3.67. The molecule has 1 aliphatic heterocycles. The van der Waals surface area contributed by atoms with Gasteiger partial charge in [0.15, 0.2) is 5.82 Å². The van der Waals surface area contributed by atoms with E-state index >= 15 is 0 Å². The molecule has 6 heteroatoms. The maximum atomic E-state index is 12.3. The van der Waals surface area contributed by atoms with E-state index in [9.17, 15) is 4.79 Å². The lowest BCUT2D eigenvalue weighted by Gasteiger charge is -2.25. The SMILES string of the molecule is O=C(CCn1ccc2ccccc21)NC[C@@H]1CCCN1c1cccnn1. The lowest BCUT2D eigenvalue weighted by Crippen LogP contribution is -2.40. The van der Waals surface area contributed by atoms with Crippen LogP contribution in [-0.4, -0.2) is 39.8 Å². The van der Waals surface area contributed by atoms with Gasteiger partial charge in [0.2, 0.25) is 5.91 Å². The number of carbonyl (C=O) groups is 1. The smallest absolute Gasteiger partial charge is 0.221 e. The van der Waals surface area contributed by atoms with E-state index in [0.29, 0.717) is 25.6 Å². The number of amides is 1. The monoisotopic (exact) mass is 349 g/mol. The number of aryl methyl sites for hydroxylation is 1. The molecule has 1 aromatic carbocycles. The number of carbonyl (C=O) groups excluding carboxylic acids is 1. The van der Waals surface area contributed by atoms with Gasteiger partial charge >= 0.3 is 0 Å². The molecular formula is C20H23N5O. The first-order valence-electron chi connectivity index (χ1n) is 9.16. The number of rotatable bonds is 6. The highest BCUT2D eigenvalue weighted by Crippen LogP contribution is 2.22. The van der Waals surface area contributed by atoms with Gasteiger partial charge in [-0.15, -0.1) is 5.10 Å². The van der Waals surface area contributed by atoms with Crippen LogP contribution in [0.2, 0.25) is 0 Å². The van der Waals surface area contributed by atoms with Gasteiger partial charge in [-0.1, -0.05) is 18.2 Å². The standard InChI is InChI=1S/C20H23N5O/c26-20(10-14-24-13-9-16-5-1-2-7-18(16)24)21-15-17-6-4-12-25(17)19-8-3-11-22-23-19/h1-3,5,7-9,11,13,17H,4,6,10,12,14-15H2,(H,21,26)/t17-/m0/s1. The van der Waals surface area contributed by atoms with Crippen LogP contribution in [0.25, 0.3) is 10.9 Å². The van der Waals surface area contributed by atoms with Crippen molar-refractivity contribution in [2.24, 2.45) is 0 Å². The van der Waals surface area contributed by atoms with E-state index in [1.807, 2.05) is 30.5 Å². The van der Waals surface area contributed by atoms with E-state index in [1.54, 1.807) is 6.20 Å². The Morgan fingerprint density at radius 2 is 2.12 bits per heavy atom. The van der Waals surface area contributed by atoms with Crippen molar-refractivity contribution in [3.8, 4) is 0 Å². The Balaban J connectivity index is 1.30. The van der Waals surface area contributed by atoms with Crippen molar-refractivity contribution < 1.29 is 4.79 Å². The predicted octanol–water partition coefficient (Wildman–Crippen LogP) is 2.61. The third kappa shape index (κ3) is 3.54. The van der Waals surface area contributed by atoms with Crippen LogP contribution < -0.4 is 10.2 Å². The number of benzene rings is 1. The number of fused-ring (bicyclic) bond motifs is 1. The summed E-state index contributed by atoms with van der Waals surface area (Å²) < 4.78 is 2.14. The number of anilines is 1. The summed E-state index contributed by atoms with van der Waals surface area (Å²) >= 11 is 0. The summed E-state index contributed by atoms with van der Waals surface area (Å²) in [7, 11) is 0. The Kier molecular flexibility index (Phi) is 4.82. The van der Waals surface area contributed by atoms with E-state index < -0.39 is 0 Å². The quantitative estimate of drug-likeness (QED) is 0.743. The lowest BCUT2D eigenvalue weighted by molar-refractivity contribution is -0.121. The van der Waals surface area contributed by atoms with E-state index in [1.165, 1.54) is 10.9 Å². The first-order chi connectivity index (χ1) is 12.8. The molecule has 0 aliphatic carbocycles. The zero-order valence-electron chi connectivity index (χ0n) is 14.7. The van der Waals surface area contributed by atoms with Crippen LogP contribution in [0.15, 0.2) is 54.9 Å². The van der Waals surface area contributed by atoms with E-state index in [4.69, 9.17) is 0 Å². The average molecular weight is 349 g/mol. The van der Waals surface area contributed by atoms with Crippen molar-refractivity contribution in [3.05, 3.63) is 54.9 Å². The van der Waals surface area contributed by atoms with Crippen LogP contribution in [0.1, 0.15) is 19.3 Å². The molecule has 6 nitrogen and oxygen atoms in total. The minimum atomic E-state index is 0.0915. The van der Waals surface area contributed by atoms with Crippen molar-refractivity contribution in [2.45, 2.75) is 31.8 Å².